The Labute approximate surface area is 95.7 Å². The molecule has 0 aliphatic carbocycles. The fourth-order valence-electron chi connectivity index (χ4n) is 1.47. The number of carboxylic acids is 1. The topological polar surface area (TPSA) is 57.5 Å². The molecule has 0 bridgehead atoms. The Kier molecular flexibility index (Phi) is 3.38. The molecule has 1 aromatic rings. The maximum absolute atomic E-state index is 11.0. The van der Waals surface area contributed by atoms with Crippen molar-refractivity contribution in [2.75, 3.05) is 0 Å². The van der Waals surface area contributed by atoms with Crippen LogP contribution in [0.15, 0.2) is 18.2 Å². The lowest BCUT2D eigenvalue weighted by atomic mass is 9.82. The molecule has 1 unspecified atom stereocenters. The minimum Gasteiger partial charge on any atom is -0.481 e. The van der Waals surface area contributed by atoms with Crippen LogP contribution >= 0.6 is 0 Å². The predicted molar refractivity (Wildman–Crippen MR) is 62.3 cm³/mol. The van der Waals surface area contributed by atoms with E-state index in [0.29, 0.717) is 5.56 Å². The molecule has 0 aliphatic heterocycles. The average molecular weight is 222 g/mol. The van der Waals surface area contributed by atoms with Crippen molar-refractivity contribution in [1.29, 1.82) is 0 Å². The highest BCUT2D eigenvalue weighted by Gasteiger charge is 2.36. The Balaban J connectivity index is 3.10. The third kappa shape index (κ3) is 2.25. The van der Waals surface area contributed by atoms with Crippen molar-refractivity contribution >= 4 is 5.97 Å². The van der Waals surface area contributed by atoms with Crippen LogP contribution in [0.5, 0.6) is 0 Å². The average Bonchev–Trinajstić information content (AvgIpc) is 2.20. The largest absolute Gasteiger partial charge is 0.481 e. The van der Waals surface area contributed by atoms with Crippen LogP contribution in [0.3, 0.4) is 0 Å². The Morgan fingerprint density at radius 3 is 2.25 bits per heavy atom. The molecule has 3 nitrogen and oxygen atoms in total. The van der Waals surface area contributed by atoms with Gasteiger partial charge in [-0.3, -0.25) is 4.79 Å². The van der Waals surface area contributed by atoms with Gasteiger partial charge in [0.15, 0.2) is 0 Å². The molecule has 0 fully saturated rings. The highest BCUT2D eigenvalue weighted by molar-refractivity contribution is 5.74. The van der Waals surface area contributed by atoms with Gasteiger partial charge in [0.05, 0.1) is 11.5 Å². The van der Waals surface area contributed by atoms with Crippen molar-refractivity contribution in [1.82, 2.24) is 0 Å². The van der Waals surface area contributed by atoms with E-state index in [9.17, 15) is 9.90 Å². The molecule has 0 amide bonds. The summed E-state index contributed by atoms with van der Waals surface area (Å²) in [6.45, 7) is 6.97. The number of benzene rings is 1. The van der Waals surface area contributed by atoms with Gasteiger partial charge in [-0.2, -0.15) is 0 Å². The second kappa shape index (κ2) is 4.26. The smallest absolute Gasteiger partial charge is 0.312 e. The van der Waals surface area contributed by atoms with Crippen LogP contribution in [0.1, 0.15) is 36.6 Å². The van der Waals surface area contributed by atoms with Crippen LogP contribution in [0, 0.1) is 19.3 Å². The van der Waals surface area contributed by atoms with Gasteiger partial charge in [0, 0.05) is 0 Å². The molecule has 0 heterocycles. The van der Waals surface area contributed by atoms with Crippen molar-refractivity contribution < 1.29 is 15.0 Å². The van der Waals surface area contributed by atoms with Crippen molar-refractivity contribution in [3.05, 3.63) is 34.9 Å². The summed E-state index contributed by atoms with van der Waals surface area (Å²) >= 11 is 0. The maximum Gasteiger partial charge on any atom is 0.312 e. The molecule has 2 N–H and O–H groups in total. The first kappa shape index (κ1) is 12.7. The van der Waals surface area contributed by atoms with E-state index in [1.54, 1.807) is 6.07 Å². The number of hydrogen-bond acceptors (Lipinski definition) is 2. The lowest BCUT2D eigenvalue weighted by Gasteiger charge is -2.26. The normalized spacial score (nSPS) is 13.6. The summed E-state index contributed by atoms with van der Waals surface area (Å²) in [5.74, 6) is -1.00. The number of aliphatic carboxylic acids is 1. The lowest BCUT2D eigenvalue weighted by molar-refractivity contribution is -0.153. The predicted octanol–water partition coefficient (Wildman–Crippen LogP) is 2.45. The summed E-state index contributed by atoms with van der Waals surface area (Å²) < 4.78 is 0. The van der Waals surface area contributed by atoms with Crippen LogP contribution < -0.4 is 0 Å². The van der Waals surface area contributed by atoms with E-state index < -0.39 is 17.5 Å². The van der Waals surface area contributed by atoms with Crippen LogP contribution in [-0.4, -0.2) is 16.2 Å². The molecule has 16 heavy (non-hydrogen) atoms. The first-order valence-electron chi connectivity index (χ1n) is 5.25. The molecule has 1 aromatic carbocycles. The van der Waals surface area contributed by atoms with Gasteiger partial charge >= 0.3 is 5.97 Å². The molecule has 1 atom stereocenters. The summed E-state index contributed by atoms with van der Waals surface area (Å²) in [6.07, 6.45) is -0.996. The summed E-state index contributed by atoms with van der Waals surface area (Å²) in [5, 5.41) is 19.1. The summed E-state index contributed by atoms with van der Waals surface area (Å²) in [4.78, 5) is 11.0. The zero-order valence-corrected chi connectivity index (χ0v) is 10.1. The first-order valence-corrected chi connectivity index (χ1v) is 5.25. The number of aliphatic hydroxyl groups is 1. The number of carbonyl (C=O) groups is 1. The van der Waals surface area contributed by atoms with Gasteiger partial charge in [0.1, 0.15) is 0 Å². The number of hydrogen-bond donors (Lipinski definition) is 2. The molecule has 1 rings (SSSR count). The van der Waals surface area contributed by atoms with Gasteiger partial charge in [0.2, 0.25) is 0 Å². The Morgan fingerprint density at radius 1 is 1.25 bits per heavy atom. The quantitative estimate of drug-likeness (QED) is 0.825. The fraction of sp³-hybridized carbons (Fsp3) is 0.462. The molecule has 0 saturated carbocycles. The second-order valence-corrected chi connectivity index (χ2v) is 4.77. The van der Waals surface area contributed by atoms with Gasteiger partial charge in [-0.05, 0) is 44.4 Å². The zero-order chi connectivity index (χ0) is 12.5. The molecular formula is C13H18O3. The van der Waals surface area contributed by atoms with E-state index in [2.05, 4.69) is 0 Å². The highest BCUT2D eigenvalue weighted by Crippen LogP contribution is 2.34. The number of rotatable bonds is 3. The summed E-state index contributed by atoms with van der Waals surface area (Å²) in [5.41, 5.74) is 1.65. The minimum atomic E-state index is -1.18. The zero-order valence-electron chi connectivity index (χ0n) is 10.1. The van der Waals surface area contributed by atoms with Gasteiger partial charge in [-0.15, -0.1) is 0 Å². The number of carboxylic acid groups (broad SMARTS) is 1. The molecular weight excluding hydrogens is 204 g/mol. The SMILES string of the molecule is Cc1ccc(C(O)C(C)(C)C(=O)O)cc1C. The maximum atomic E-state index is 11.0. The number of aliphatic hydroxyl groups excluding tert-OH is 1. The third-order valence-electron chi connectivity index (χ3n) is 3.08. The first-order chi connectivity index (χ1) is 7.26. The standard InChI is InChI=1S/C13H18O3/c1-8-5-6-10(7-9(8)2)11(14)13(3,4)12(15)16/h5-7,11,14H,1-4H3,(H,15,16). The Hall–Kier alpha value is -1.35. The van der Waals surface area contributed by atoms with E-state index in [0.717, 1.165) is 11.1 Å². The molecule has 3 heteroatoms. The van der Waals surface area contributed by atoms with Crippen molar-refractivity contribution in [2.45, 2.75) is 33.8 Å². The summed E-state index contributed by atoms with van der Waals surface area (Å²) in [7, 11) is 0. The van der Waals surface area contributed by atoms with E-state index in [-0.39, 0.29) is 0 Å². The van der Waals surface area contributed by atoms with Crippen LogP contribution in [0.2, 0.25) is 0 Å². The fourth-order valence-corrected chi connectivity index (χ4v) is 1.47. The van der Waals surface area contributed by atoms with Crippen LogP contribution in [-0.2, 0) is 4.79 Å². The van der Waals surface area contributed by atoms with Gasteiger partial charge in [-0.25, -0.2) is 0 Å². The lowest BCUT2D eigenvalue weighted by Crippen LogP contribution is -2.31. The molecule has 0 aromatic heterocycles. The third-order valence-corrected chi connectivity index (χ3v) is 3.08. The highest BCUT2D eigenvalue weighted by atomic mass is 16.4. The molecule has 0 saturated heterocycles. The minimum absolute atomic E-state index is 0.649. The van der Waals surface area contributed by atoms with Crippen molar-refractivity contribution in [3.63, 3.8) is 0 Å². The Bertz CT molecular complexity index is 408. The molecule has 0 aliphatic rings. The van der Waals surface area contributed by atoms with E-state index in [1.807, 2.05) is 26.0 Å². The molecule has 88 valence electrons. The molecule has 0 radical (unpaired) electrons. The second-order valence-electron chi connectivity index (χ2n) is 4.77. The summed E-state index contributed by atoms with van der Waals surface area (Å²) in [6, 6.07) is 5.51. The van der Waals surface area contributed by atoms with E-state index in [4.69, 9.17) is 5.11 Å². The van der Waals surface area contributed by atoms with Crippen LogP contribution in [0.4, 0.5) is 0 Å². The van der Waals surface area contributed by atoms with Gasteiger partial charge in [-0.1, -0.05) is 18.2 Å². The van der Waals surface area contributed by atoms with E-state index in [1.165, 1.54) is 13.8 Å². The Morgan fingerprint density at radius 2 is 1.81 bits per heavy atom. The monoisotopic (exact) mass is 222 g/mol. The van der Waals surface area contributed by atoms with E-state index >= 15 is 0 Å². The van der Waals surface area contributed by atoms with Gasteiger partial charge in [0.25, 0.3) is 0 Å². The molecule has 0 spiro atoms. The van der Waals surface area contributed by atoms with Crippen LogP contribution in [0.25, 0.3) is 0 Å². The van der Waals surface area contributed by atoms with Crippen molar-refractivity contribution in [3.8, 4) is 0 Å². The van der Waals surface area contributed by atoms with Crippen molar-refractivity contribution in [2.24, 2.45) is 5.41 Å². The number of aryl methyl sites for hydroxylation is 2. The van der Waals surface area contributed by atoms with Gasteiger partial charge < -0.3 is 10.2 Å².